The zero-order valence-corrected chi connectivity index (χ0v) is 12.4. The first kappa shape index (κ1) is 13.5. The minimum atomic E-state index is -0.284. The third-order valence-electron chi connectivity index (χ3n) is 3.06. The lowest BCUT2D eigenvalue weighted by Gasteiger charge is -2.36. The Morgan fingerprint density at radius 1 is 1.50 bits per heavy atom. The van der Waals surface area contributed by atoms with Gasteiger partial charge in [-0.1, -0.05) is 0 Å². The summed E-state index contributed by atoms with van der Waals surface area (Å²) in [6.07, 6.45) is 3.69. The smallest absolute Gasteiger partial charge is 0.247 e. The van der Waals surface area contributed by atoms with Crippen molar-refractivity contribution in [2.24, 2.45) is 0 Å². The second-order valence-corrected chi connectivity index (χ2v) is 5.73. The van der Waals surface area contributed by atoms with Crippen molar-refractivity contribution in [3.63, 3.8) is 0 Å². The molecule has 18 heavy (non-hydrogen) atoms. The zero-order valence-electron chi connectivity index (χ0n) is 10.8. The molecular formula is C12H18BrN3O2. The summed E-state index contributed by atoms with van der Waals surface area (Å²) in [5, 5.41) is 4.16. The van der Waals surface area contributed by atoms with Gasteiger partial charge in [-0.2, -0.15) is 5.10 Å². The molecule has 0 bridgehead atoms. The van der Waals surface area contributed by atoms with Crippen LogP contribution in [-0.4, -0.2) is 45.9 Å². The SMILES string of the molecule is C[C@@H]1CN(C(=O)[C@H](C)n2cc(Br)cn2)C[C@@H](C)O1. The molecule has 1 aliphatic rings. The third kappa shape index (κ3) is 2.92. The monoisotopic (exact) mass is 315 g/mol. The van der Waals surface area contributed by atoms with Gasteiger partial charge in [-0.15, -0.1) is 0 Å². The number of carbonyl (C=O) groups is 1. The topological polar surface area (TPSA) is 47.4 Å². The van der Waals surface area contributed by atoms with E-state index in [1.165, 1.54) is 0 Å². The van der Waals surface area contributed by atoms with Crippen LogP contribution in [-0.2, 0) is 9.53 Å². The van der Waals surface area contributed by atoms with Crippen molar-refractivity contribution in [1.29, 1.82) is 0 Å². The summed E-state index contributed by atoms with van der Waals surface area (Å²) < 4.78 is 8.19. The Labute approximate surface area is 115 Å². The minimum absolute atomic E-state index is 0.0904. The molecule has 100 valence electrons. The molecule has 0 unspecified atom stereocenters. The molecule has 0 saturated carbocycles. The van der Waals surface area contributed by atoms with E-state index in [0.29, 0.717) is 13.1 Å². The molecule has 1 aliphatic heterocycles. The maximum absolute atomic E-state index is 12.4. The molecule has 0 radical (unpaired) electrons. The first-order chi connectivity index (χ1) is 8.47. The summed E-state index contributed by atoms with van der Waals surface area (Å²) in [5.41, 5.74) is 0. The molecule has 0 spiro atoms. The molecule has 1 saturated heterocycles. The fraction of sp³-hybridized carbons (Fsp3) is 0.667. The normalized spacial score (nSPS) is 26.1. The predicted octanol–water partition coefficient (Wildman–Crippen LogP) is 1.84. The second kappa shape index (κ2) is 5.40. The number of hydrogen-bond acceptors (Lipinski definition) is 3. The second-order valence-electron chi connectivity index (χ2n) is 4.82. The summed E-state index contributed by atoms with van der Waals surface area (Å²) in [6.45, 7) is 7.15. The number of rotatable bonds is 2. The van der Waals surface area contributed by atoms with Crippen LogP contribution in [0.25, 0.3) is 0 Å². The van der Waals surface area contributed by atoms with Gasteiger partial charge in [-0.3, -0.25) is 9.48 Å². The van der Waals surface area contributed by atoms with Gasteiger partial charge in [0.1, 0.15) is 6.04 Å². The van der Waals surface area contributed by atoms with Crippen molar-refractivity contribution in [1.82, 2.24) is 14.7 Å². The van der Waals surface area contributed by atoms with E-state index in [4.69, 9.17) is 4.74 Å². The standard InChI is InChI=1S/C12H18BrN3O2/c1-8-5-15(6-9(2)18-8)12(17)10(3)16-7-11(13)4-14-16/h4,7-10H,5-6H2,1-3H3/t8-,9-,10+/m1/s1. The van der Waals surface area contributed by atoms with Crippen LogP contribution in [0.1, 0.15) is 26.8 Å². The van der Waals surface area contributed by atoms with Gasteiger partial charge in [0.15, 0.2) is 0 Å². The molecule has 0 aliphatic carbocycles. The number of nitrogens with zero attached hydrogens (tertiary/aromatic N) is 3. The molecule has 0 N–H and O–H groups in total. The van der Waals surface area contributed by atoms with E-state index in [9.17, 15) is 4.79 Å². The summed E-state index contributed by atoms with van der Waals surface area (Å²) in [6, 6.07) is -0.284. The van der Waals surface area contributed by atoms with Crippen LogP contribution in [0.15, 0.2) is 16.9 Å². The number of halogens is 1. The quantitative estimate of drug-likeness (QED) is 0.836. The first-order valence-electron chi connectivity index (χ1n) is 6.11. The van der Waals surface area contributed by atoms with Crippen molar-refractivity contribution < 1.29 is 9.53 Å². The Morgan fingerprint density at radius 2 is 2.11 bits per heavy atom. The molecule has 2 heterocycles. The van der Waals surface area contributed by atoms with Crippen LogP contribution in [0.3, 0.4) is 0 Å². The fourth-order valence-electron chi connectivity index (χ4n) is 2.26. The maximum atomic E-state index is 12.4. The van der Waals surface area contributed by atoms with Crippen LogP contribution in [0.5, 0.6) is 0 Å². The minimum Gasteiger partial charge on any atom is -0.372 e. The Bertz CT molecular complexity index is 425. The van der Waals surface area contributed by atoms with Crippen molar-refractivity contribution in [3.05, 3.63) is 16.9 Å². The Hall–Kier alpha value is -0.880. The average molecular weight is 316 g/mol. The third-order valence-corrected chi connectivity index (χ3v) is 3.46. The number of amides is 1. The number of aromatic nitrogens is 2. The van der Waals surface area contributed by atoms with E-state index < -0.39 is 0 Å². The van der Waals surface area contributed by atoms with Crippen LogP contribution < -0.4 is 0 Å². The zero-order chi connectivity index (χ0) is 13.3. The number of hydrogen-bond donors (Lipinski definition) is 0. The lowest BCUT2D eigenvalue weighted by molar-refractivity contribution is -0.146. The summed E-state index contributed by atoms with van der Waals surface area (Å²) in [4.78, 5) is 14.3. The largest absolute Gasteiger partial charge is 0.372 e. The maximum Gasteiger partial charge on any atom is 0.247 e. The van der Waals surface area contributed by atoms with Gasteiger partial charge >= 0.3 is 0 Å². The predicted molar refractivity (Wildman–Crippen MR) is 71.2 cm³/mol. The lowest BCUT2D eigenvalue weighted by Crippen LogP contribution is -2.50. The van der Waals surface area contributed by atoms with E-state index in [2.05, 4.69) is 21.0 Å². The highest BCUT2D eigenvalue weighted by Crippen LogP contribution is 2.17. The average Bonchev–Trinajstić information content (AvgIpc) is 2.72. The van der Waals surface area contributed by atoms with Gasteiger partial charge < -0.3 is 9.64 Å². The van der Waals surface area contributed by atoms with Crippen molar-refractivity contribution in [2.75, 3.05) is 13.1 Å². The van der Waals surface area contributed by atoms with Gasteiger partial charge in [-0.25, -0.2) is 0 Å². The van der Waals surface area contributed by atoms with E-state index >= 15 is 0 Å². The summed E-state index contributed by atoms with van der Waals surface area (Å²) in [5.74, 6) is 0.0904. The Morgan fingerprint density at radius 3 is 2.61 bits per heavy atom. The van der Waals surface area contributed by atoms with E-state index in [0.717, 1.165) is 4.47 Å². The van der Waals surface area contributed by atoms with Crippen molar-refractivity contribution >= 4 is 21.8 Å². The Kier molecular flexibility index (Phi) is 4.07. The van der Waals surface area contributed by atoms with Gasteiger partial charge in [-0.05, 0) is 36.7 Å². The van der Waals surface area contributed by atoms with E-state index in [1.54, 1.807) is 10.9 Å². The van der Waals surface area contributed by atoms with Gasteiger partial charge in [0.05, 0.1) is 22.9 Å². The number of ether oxygens (including phenoxy) is 1. The van der Waals surface area contributed by atoms with Crippen molar-refractivity contribution in [2.45, 2.75) is 39.0 Å². The molecular weight excluding hydrogens is 298 g/mol. The number of carbonyl (C=O) groups excluding carboxylic acids is 1. The fourth-order valence-corrected chi connectivity index (χ4v) is 2.56. The molecule has 3 atom stereocenters. The Balaban J connectivity index is 2.06. The van der Waals surface area contributed by atoms with Gasteiger partial charge in [0.25, 0.3) is 0 Å². The van der Waals surface area contributed by atoms with Crippen molar-refractivity contribution in [3.8, 4) is 0 Å². The van der Waals surface area contributed by atoms with E-state index in [-0.39, 0.29) is 24.2 Å². The first-order valence-corrected chi connectivity index (χ1v) is 6.90. The highest BCUT2D eigenvalue weighted by molar-refractivity contribution is 9.10. The summed E-state index contributed by atoms with van der Waals surface area (Å²) >= 11 is 3.34. The molecule has 2 rings (SSSR count). The summed E-state index contributed by atoms with van der Waals surface area (Å²) in [7, 11) is 0. The molecule has 1 amide bonds. The van der Waals surface area contributed by atoms with Crippen LogP contribution in [0.4, 0.5) is 0 Å². The molecule has 1 aromatic heterocycles. The molecule has 6 heteroatoms. The van der Waals surface area contributed by atoms with E-state index in [1.807, 2.05) is 31.9 Å². The lowest BCUT2D eigenvalue weighted by atomic mass is 10.2. The highest BCUT2D eigenvalue weighted by Gasteiger charge is 2.29. The molecule has 5 nitrogen and oxygen atoms in total. The van der Waals surface area contributed by atoms with Gasteiger partial charge in [0.2, 0.25) is 5.91 Å². The molecule has 1 fully saturated rings. The molecule has 1 aromatic rings. The molecule has 0 aromatic carbocycles. The van der Waals surface area contributed by atoms with Crippen LogP contribution in [0, 0.1) is 0 Å². The van der Waals surface area contributed by atoms with Crippen LogP contribution in [0.2, 0.25) is 0 Å². The highest BCUT2D eigenvalue weighted by atomic mass is 79.9. The number of morpholine rings is 1. The van der Waals surface area contributed by atoms with Crippen LogP contribution >= 0.6 is 15.9 Å². The van der Waals surface area contributed by atoms with Gasteiger partial charge in [0, 0.05) is 19.3 Å².